The number of carboxylic acid groups (broad SMARTS) is 1. The highest BCUT2D eigenvalue weighted by atomic mass is 16.4. The predicted octanol–water partition coefficient (Wildman–Crippen LogP) is 0.130. The number of nitrogens with zero attached hydrogens (tertiary/aromatic N) is 1. The van der Waals surface area contributed by atoms with Crippen molar-refractivity contribution in [2.45, 2.75) is 25.8 Å². The van der Waals surface area contributed by atoms with Crippen LogP contribution in [0.2, 0.25) is 0 Å². The minimum Gasteiger partial charge on any atom is -0.480 e. The highest BCUT2D eigenvalue weighted by Crippen LogP contribution is 2.21. The molecule has 0 amide bonds. The smallest absolute Gasteiger partial charge is 0.317 e. The normalized spacial score (nSPS) is 30.3. The van der Waals surface area contributed by atoms with Gasteiger partial charge in [-0.15, -0.1) is 0 Å². The number of aliphatic carboxylic acids is 1. The van der Waals surface area contributed by atoms with Gasteiger partial charge in [-0.3, -0.25) is 9.69 Å². The van der Waals surface area contributed by atoms with Crippen LogP contribution in [0.5, 0.6) is 0 Å². The molecular formula is C9H18N2O2. The van der Waals surface area contributed by atoms with Crippen LogP contribution in [0, 0.1) is 5.92 Å². The Bertz CT molecular complexity index is 184. The average molecular weight is 186 g/mol. The molecule has 3 N–H and O–H groups in total. The number of rotatable bonds is 3. The number of hydrogen-bond donors (Lipinski definition) is 2. The van der Waals surface area contributed by atoms with Crippen molar-refractivity contribution < 1.29 is 9.90 Å². The summed E-state index contributed by atoms with van der Waals surface area (Å²) >= 11 is 0. The third kappa shape index (κ3) is 2.67. The predicted molar refractivity (Wildman–Crippen MR) is 50.4 cm³/mol. The maximum absolute atomic E-state index is 10.6. The largest absolute Gasteiger partial charge is 0.480 e. The van der Waals surface area contributed by atoms with E-state index < -0.39 is 5.97 Å². The SMILES string of the molecule is CC1CCCN(CC(=O)O)C1CN. The topological polar surface area (TPSA) is 66.6 Å². The molecule has 76 valence electrons. The van der Waals surface area contributed by atoms with E-state index in [1.54, 1.807) is 0 Å². The van der Waals surface area contributed by atoms with Crippen LogP contribution in [-0.4, -0.2) is 41.7 Å². The first-order valence-electron chi connectivity index (χ1n) is 4.81. The maximum atomic E-state index is 10.6. The van der Waals surface area contributed by atoms with Gasteiger partial charge in [-0.05, 0) is 25.3 Å². The molecule has 0 spiro atoms. The van der Waals surface area contributed by atoms with Gasteiger partial charge in [-0.2, -0.15) is 0 Å². The molecule has 1 heterocycles. The molecule has 0 aromatic heterocycles. The average Bonchev–Trinajstić information content (AvgIpc) is 2.03. The molecule has 4 nitrogen and oxygen atoms in total. The van der Waals surface area contributed by atoms with Crippen molar-refractivity contribution in [1.29, 1.82) is 0 Å². The highest BCUT2D eigenvalue weighted by Gasteiger charge is 2.28. The van der Waals surface area contributed by atoms with Crippen LogP contribution in [0.3, 0.4) is 0 Å². The molecule has 2 unspecified atom stereocenters. The second-order valence-corrected chi connectivity index (χ2v) is 3.79. The number of likely N-dealkylation sites (tertiary alicyclic amines) is 1. The van der Waals surface area contributed by atoms with Gasteiger partial charge < -0.3 is 10.8 Å². The molecule has 0 radical (unpaired) electrons. The zero-order valence-electron chi connectivity index (χ0n) is 8.07. The van der Waals surface area contributed by atoms with Gasteiger partial charge in [0.2, 0.25) is 0 Å². The van der Waals surface area contributed by atoms with E-state index in [1.165, 1.54) is 0 Å². The summed E-state index contributed by atoms with van der Waals surface area (Å²) in [6, 6.07) is 0.254. The molecular weight excluding hydrogens is 168 g/mol. The summed E-state index contributed by atoms with van der Waals surface area (Å²) in [6.45, 7) is 3.71. The van der Waals surface area contributed by atoms with Crippen LogP contribution in [0.25, 0.3) is 0 Å². The number of hydrogen-bond acceptors (Lipinski definition) is 3. The zero-order valence-corrected chi connectivity index (χ0v) is 8.07. The molecule has 1 aliphatic heterocycles. The van der Waals surface area contributed by atoms with Crippen molar-refractivity contribution in [2.75, 3.05) is 19.6 Å². The number of carbonyl (C=O) groups is 1. The fraction of sp³-hybridized carbons (Fsp3) is 0.889. The molecule has 13 heavy (non-hydrogen) atoms. The minimum absolute atomic E-state index is 0.131. The second kappa shape index (κ2) is 4.58. The van der Waals surface area contributed by atoms with Gasteiger partial charge in [0.05, 0.1) is 6.54 Å². The minimum atomic E-state index is -0.757. The fourth-order valence-corrected chi connectivity index (χ4v) is 2.09. The van der Waals surface area contributed by atoms with Gasteiger partial charge in [0.25, 0.3) is 0 Å². The van der Waals surface area contributed by atoms with Crippen LogP contribution in [-0.2, 0) is 4.79 Å². The van der Waals surface area contributed by atoms with E-state index in [0.717, 1.165) is 19.4 Å². The van der Waals surface area contributed by atoms with Crippen LogP contribution < -0.4 is 5.73 Å². The third-order valence-electron chi connectivity index (χ3n) is 2.81. The van der Waals surface area contributed by atoms with Gasteiger partial charge in [0, 0.05) is 12.6 Å². The van der Waals surface area contributed by atoms with Crippen LogP contribution in [0.1, 0.15) is 19.8 Å². The molecule has 2 atom stereocenters. The van der Waals surface area contributed by atoms with E-state index >= 15 is 0 Å². The second-order valence-electron chi connectivity index (χ2n) is 3.79. The third-order valence-corrected chi connectivity index (χ3v) is 2.81. The van der Waals surface area contributed by atoms with Gasteiger partial charge in [-0.1, -0.05) is 6.92 Å². The quantitative estimate of drug-likeness (QED) is 0.657. The van der Waals surface area contributed by atoms with Gasteiger partial charge in [0.15, 0.2) is 0 Å². The molecule has 0 aromatic carbocycles. The fourth-order valence-electron chi connectivity index (χ4n) is 2.09. The van der Waals surface area contributed by atoms with Crippen LogP contribution in [0.4, 0.5) is 0 Å². The number of nitrogens with two attached hydrogens (primary N) is 1. The Morgan fingerprint density at radius 3 is 2.92 bits per heavy atom. The summed E-state index contributed by atoms with van der Waals surface area (Å²) in [6.07, 6.45) is 2.25. The Hall–Kier alpha value is -0.610. The van der Waals surface area contributed by atoms with Gasteiger partial charge in [0.1, 0.15) is 0 Å². The first kappa shape index (κ1) is 10.5. The van der Waals surface area contributed by atoms with Crippen molar-refractivity contribution in [1.82, 2.24) is 4.90 Å². The number of piperidine rings is 1. The molecule has 0 bridgehead atoms. The summed E-state index contributed by atoms with van der Waals surface area (Å²) < 4.78 is 0. The van der Waals surface area contributed by atoms with Crippen molar-refractivity contribution >= 4 is 5.97 Å². The number of carboxylic acids is 1. The van der Waals surface area contributed by atoms with E-state index in [2.05, 4.69) is 6.92 Å². The first-order chi connectivity index (χ1) is 6.15. The van der Waals surface area contributed by atoms with E-state index in [9.17, 15) is 4.79 Å². The van der Waals surface area contributed by atoms with Crippen molar-refractivity contribution in [3.05, 3.63) is 0 Å². The van der Waals surface area contributed by atoms with E-state index in [-0.39, 0.29) is 12.6 Å². The van der Waals surface area contributed by atoms with E-state index in [1.807, 2.05) is 4.90 Å². The Balaban J connectivity index is 2.53. The molecule has 1 rings (SSSR count). The van der Waals surface area contributed by atoms with Crippen LogP contribution >= 0.6 is 0 Å². The highest BCUT2D eigenvalue weighted by molar-refractivity contribution is 5.69. The lowest BCUT2D eigenvalue weighted by molar-refractivity contribution is -0.139. The Kier molecular flexibility index (Phi) is 3.69. The Labute approximate surface area is 78.7 Å². The summed E-state index contributed by atoms with van der Waals surface area (Å²) in [5, 5.41) is 8.68. The summed E-state index contributed by atoms with van der Waals surface area (Å²) in [7, 11) is 0. The molecule has 4 heteroatoms. The van der Waals surface area contributed by atoms with Crippen molar-refractivity contribution in [2.24, 2.45) is 11.7 Å². The monoisotopic (exact) mass is 186 g/mol. The van der Waals surface area contributed by atoms with Gasteiger partial charge in [-0.25, -0.2) is 0 Å². The summed E-state index contributed by atoms with van der Waals surface area (Å²) in [5.74, 6) is -0.231. The van der Waals surface area contributed by atoms with Gasteiger partial charge >= 0.3 is 5.97 Å². The molecule has 1 aliphatic rings. The Morgan fingerprint density at radius 2 is 2.38 bits per heavy atom. The van der Waals surface area contributed by atoms with E-state index in [0.29, 0.717) is 12.5 Å². The lowest BCUT2D eigenvalue weighted by Gasteiger charge is -2.38. The Morgan fingerprint density at radius 1 is 1.69 bits per heavy atom. The summed E-state index contributed by atoms with van der Waals surface area (Å²) in [5.41, 5.74) is 5.63. The zero-order chi connectivity index (χ0) is 9.84. The molecule has 0 aliphatic carbocycles. The first-order valence-corrected chi connectivity index (χ1v) is 4.81. The standard InChI is InChI=1S/C9H18N2O2/c1-7-3-2-4-11(6-9(12)13)8(7)5-10/h7-8H,2-6,10H2,1H3,(H,12,13). The van der Waals surface area contributed by atoms with Crippen molar-refractivity contribution in [3.8, 4) is 0 Å². The van der Waals surface area contributed by atoms with Crippen LogP contribution in [0.15, 0.2) is 0 Å². The molecule has 0 aromatic rings. The summed E-state index contributed by atoms with van der Waals surface area (Å²) in [4.78, 5) is 12.5. The van der Waals surface area contributed by atoms with E-state index in [4.69, 9.17) is 10.8 Å². The molecule has 1 saturated heterocycles. The molecule has 1 fully saturated rings. The lowest BCUT2D eigenvalue weighted by Crippen LogP contribution is -2.50. The lowest BCUT2D eigenvalue weighted by atomic mass is 9.91. The molecule has 0 saturated carbocycles. The van der Waals surface area contributed by atoms with Crippen molar-refractivity contribution in [3.63, 3.8) is 0 Å². The maximum Gasteiger partial charge on any atom is 0.317 e.